The van der Waals surface area contributed by atoms with Crippen molar-refractivity contribution in [1.29, 1.82) is 0 Å². The van der Waals surface area contributed by atoms with Crippen molar-refractivity contribution in [2.75, 3.05) is 45.8 Å². The first-order valence-electron chi connectivity index (χ1n) is 7.77. The van der Waals surface area contributed by atoms with E-state index in [1.807, 2.05) is 6.92 Å². The monoisotopic (exact) mass is 326 g/mol. The summed E-state index contributed by atoms with van der Waals surface area (Å²) in [4.78, 5) is 37.8. The first kappa shape index (κ1) is 19.1. The molecule has 1 saturated heterocycles. The van der Waals surface area contributed by atoms with E-state index in [9.17, 15) is 19.5 Å². The molecule has 1 rings (SSSR count). The lowest BCUT2D eigenvalue weighted by atomic mass is 10.2. The SMILES string of the molecule is C=C(C)C(=O)NCCNCC(O)CN1CCN(CC)C(=O)C1=O. The Morgan fingerprint density at radius 3 is 2.48 bits per heavy atom. The molecule has 0 bridgehead atoms. The molecule has 0 radical (unpaired) electrons. The zero-order valence-electron chi connectivity index (χ0n) is 13.8. The number of piperazine rings is 1. The average Bonchev–Trinajstić information content (AvgIpc) is 2.51. The van der Waals surface area contributed by atoms with Gasteiger partial charge in [0.2, 0.25) is 5.91 Å². The molecule has 8 heteroatoms. The third kappa shape index (κ3) is 5.99. The lowest BCUT2D eigenvalue weighted by Gasteiger charge is -2.34. The topological polar surface area (TPSA) is 102 Å². The largest absolute Gasteiger partial charge is 0.390 e. The van der Waals surface area contributed by atoms with Crippen molar-refractivity contribution < 1.29 is 19.5 Å². The summed E-state index contributed by atoms with van der Waals surface area (Å²) in [5.41, 5.74) is 0.444. The molecule has 8 nitrogen and oxygen atoms in total. The summed E-state index contributed by atoms with van der Waals surface area (Å²) in [5.74, 6) is -1.28. The van der Waals surface area contributed by atoms with Gasteiger partial charge in [-0.3, -0.25) is 14.4 Å². The molecule has 3 N–H and O–H groups in total. The summed E-state index contributed by atoms with van der Waals surface area (Å²) >= 11 is 0. The Morgan fingerprint density at radius 2 is 1.87 bits per heavy atom. The molecule has 0 aromatic rings. The number of hydrogen-bond donors (Lipinski definition) is 3. The zero-order valence-corrected chi connectivity index (χ0v) is 13.8. The van der Waals surface area contributed by atoms with Crippen LogP contribution in [-0.2, 0) is 14.4 Å². The highest BCUT2D eigenvalue weighted by atomic mass is 16.3. The number of hydrogen-bond acceptors (Lipinski definition) is 5. The van der Waals surface area contributed by atoms with Crippen LogP contribution in [0, 0.1) is 0 Å². The smallest absolute Gasteiger partial charge is 0.312 e. The van der Waals surface area contributed by atoms with Crippen LogP contribution in [-0.4, -0.2) is 84.5 Å². The highest BCUT2D eigenvalue weighted by molar-refractivity contribution is 6.35. The van der Waals surface area contributed by atoms with Crippen LogP contribution >= 0.6 is 0 Å². The number of nitrogens with one attached hydrogen (secondary N) is 2. The molecule has 3 amide bonds. The van der Waals surface area contributed by atoms with Crippen LogP contribution in [0.5, 0.6) is 0 Å². The average molecular weight is 326 g/mol. The van der Waals surface area contributed by atoms with Gasteiger partial charge in [0, 0.05) is 51.4 Å². The van der Waals surface area contributed by atoms with Gasteiger partial charge in [0.15, 0.2) is 0 Å². The van der Waals surface area contributed by atoms with Crippen LogP contribution in [0.15, 0.2) is 12.2 Å². The van der Waals surface area contributed by atoms with E-state index in [0.717, 1.165) is 0 Å². The summed E-state index contributed by atoms with van der Waals surface area (Å²) in [6, 6.07) is 0. The number of amides is 3. The molecular weight excluding hydrogens is 300 g/mol. The number of carbonyl (C=O) groups is 3. The summed E-state index contributed by atoms with van der Waals surface area (Å²) < 4.78 is 0. The van der Waals surface area contributed by atoms with Crippen LogP contribution < -0.4 is 10.6 Å². The molecule has 130 valence electrons. The quantitative estimate of drug-likeness (QED) is 0.267. The second-order valence-corrected chi connectivity index (χ2v) is 5.53. The molecular formula is C15H26N4O4. The Bertz CT molecular complexity index is 466. The van der Waals surface area contributed by atoms with Crippen molar-refractivity contribution in [3.63, 3.8) is 0 Å². The Labute approximate surface area is 136 Å². The van der Waals surface area contributed by atoms with Crippen LogP contribution in [0.3, 0.4) is 0 Å². The van der Waals surface area contributed by atoms with Gasteiger partial charge < -0.3 is 25.5 Å². The van der Waals surface area contributed by atoms with Gasteiger partial charge in [-0.25, -0.2) is 0 Å². The molecule has 0 aromatic heterocycles. The Balaban J connectivity index is 2.23. The van der Waals surface area contributed by atoms with E-state index in [0.29, 0.717) is 38.3 Å². The maximum atomic E-state index is 11.9. The first-order valence-corrected chi connectivity index (χ1v) is 7.77. The molecule has 0 aliphatic carbocycles. The van der Waals surface area contributed by atoms with Crippen molar-refractivity contribution in [2.24, 2.45) is 0 Å². The van der Waals surface area contributed by atoms with Gasteiger partial charge in [-0.05, 0) is 13.8 Å². The lowest BCUT2D eigenvalue weighted by molar-refractivity contribution is -0.156. The summed E-state index contributed by atoms with van der Waals surface area (Å²) in [6.07, 6.45) is -0.767. The molecule has 1 unspecified atom stereocenters. The minimum atomic E-state index is -0.767. The molecule has 1 heterocycles. The molecule has 0 saturated carbocycles. The lowest BCUT2D eigenvalue weighted by Crippen LogP contribution is -2.56. The molecule has 23 heavy (non-hydrogen) atoms. The summed E-state index contributed by atoms with van der Waals surface area (Å²) in [5, 5.41) is 15.6. The van der Waals surface area contributed by atoms with Crippen LogP contribution in [0.1, 0.15) is 13.8 Å². The van der Waals surface area contributed by atoms with E-state index in [4.69, 9.17) is 0 Å². The fourth-order valence-electron chi connectivity index (χ4n) is 2.19. The number of rotatable bonds is 9. The summed E-state index contributed by atoms with van der Waals surface area (Å²) in [7, 11) is 0. The van der Waals surface area contributed by atoms with E-state index < -0.39 is 17.9 Å². The predicted octanol–water partition coefficient (Wildman–Crippen LogP) is -1.68. The van der Waals surface area contributed by atoms with Crippen LogP contribution in [0.2, 0.25) is 0 Å². The van der Waals surface area contributed by atoms with Crippen molar-refractivity contribution in [3.8, 4) is 0 Å². The summed E-state index contributed by atoms with van der Waals surface area (Å²) in [6.45, 7) is 9.73. The van der Waals surface area contributed by atoms with Crippen molar-refractivity contribution in [1.82, 2.24) is 20.4 Å². The van der Waals surface area contributed by atoms with Crippen molar-refractivity contribution in [3.05, 3.63) is 12.2 Å². The molecule has 0 spiro atoms. The second-order valence-electron chi connectivity index (χ2n) is 5.53. The maximum Gasteiger partial charge on any atom is 0.312 e. The zero-order chi connectivity index (χ0) is 17.4. The van der Waals surface area contributed by atoms with Crippen LogP contribution in [0.4, 0.5) is 0 Å². The maximum absolute atomic E-state index is 11.9. The van der Waals surface area contributed by atoms with E-state index in [2.05, 4.69) is 17.2 Å². The van der Waals surface area contributed by atoms with Gasteiger partial charge in [0.1, 0.15) is 0 Å². The number of β-amino-alcohol motifs (C(OH)–C–C–N with tert-alkyl or cyclic N) is 1. The van der Waals surface area contributed by atoms with Gasteiger partial charge in [-0.1, -0.05) is 6.58 Å². The molecule has 1 atom stereocenters. The molecule has 1 fully saturated rings. The Hall–Kier alpha value is -1.93. The van der Waals surface area contributed by atoms with Crippen LogP contribution in [0.25, 0.3) is 0 Å². The van der Waals surface area contributed by atoms with E-state index in [1.54, 1.807) is 6.92 Å². The van der Waals surface area contributed by atoms with Crippen molar-refractivity contribution in [2.45, 2.75) is 20.0 Å². The number of likely N-dealkylation sites (N-methyl/N-ethyl adjacent to an activating group) is 1. The fraction of sp³-hybridized carbons (Fsp3) is 0.667. The fourth-order valence-corrected chi connectivity index (χ4v) is 2.19. The third-order valence-corrected chi connectivity index (χ3v) is 3.56. The number of aliphatic hydroxyl groups excluding tert-OH is 1. The minimum Gasteiger partial charge on any atom is -0.390 e. The Morgan fingerprint density at radius 1 is 1.26 bits per heavy atom. The van der Waals surface area contributed by atoms with Gasteiger partial charge in [-0.15, -0.1) is 0 Å². The minimum absolute atomic E-state index is 0.118. The standard InChI is InChI=1S/C15H26N4O4/c1-4-18-7-8-19(15(23)14(18)22)10-12(20)9-16-5-6-17-13(21)11(2)3/h12,16,20H,2,4-10H2,1,3H3,(H,17,21). The van der Waals surface area contributed by atoms with E-state index in [1.165, 1.54) is 9.80 Å². The number of carbonyl (C=O) groups excluding carboxylic acids is 3. The number of aliphatic hydroxyl groups is 1. The second kappa shape index (κ2) is 9.26. The van der Waals surface area contributed by atoms with Gasteiger partial charge in [0.05, 0.1) is 6.10 Å². The predicted molar refractivity (Wildman–Crippen MR) is 85.5 cm³/mol. The highest BCUT2D eigenvalue weighted by Crippen LogP contribution is 2.05. The van der Waals surface area contributed by atoms with Gasteiger partial charge in [0.25, 0.3) is 0 Å². The molecule has 0 aromatic carbocycles. The first-order chi connectivity index (χ1) is 10.9. The normalized spacial score (nSPS) is 16.5. The molecule has 1 aliphatic rings. The third-order valence-electron chi connectivity index (χ3n) is 3.56. The number of nitrogens with zero attached hydrogens (tertiary/aromatic N) is 2. The van der Waals surface area contributed by atoms with E-state index >= 15 is 0 Å². The van der Waals surface area contributed by atoms with Crippen molar-refractivity contribution >= 4 is 17.7 Å². The highest BCUT2D eigenvalue weighted by Gasteiger charge is 2.32. The Kier molecular flexibility index (Phi) is 7.70. The molecule has 1 aliphatic heterocycles. The van der Waals surface area contributed by atoms with Gasteiger partial charge >= 0.3 is 11.8 Å². The van der Waals surface area contributed by atoms with Gasteiger partial charge in [-0.2, -0.15) is 0 Å². The van der Waals surface area contributed by atoms with E-state index in [-0.39, 0.29) is 19.0 Å².